The first kappa shape index (κ1) is 14.4. The minimum absolute atomic E-state index is 0.0314. The molecule has 0 unspecified atom stereocenters. The van der Waals surface area contributed by atoms with Crippen molar-refractivity contribution in [1.82, 2.24) is 4.90 Å². The van der Waals surface area contributed by atoms with E-state index in [2.05, 4.69) is 0 Å². The van der Waals surface area contributed by atoms with Crippen LogP contribution in [0.25, 0.3) is 0 Å². The molecule has 0 saturated carbocycles. The lowest BCUT2D eigenvalue weighted by molar-refractivity contribution is -0.130. The third-order valence-corrected chi connectivity index (χ3v) is 2.36. The normalized spacial score (nSPS) is 10.2. The lowest BCUT2D eigenvalue weighted by atomic mass is 10.3. The largest absolute Gasteiger partial charge is 0.489 e. The number of hydrogen-bond acceptors (Lipinski definition) is 3. The Hall–Kier alpha value is -1.69. The molecule has 1 aromatic carbocycles. The zero-order chi connectivity index (χ0) is 13.5. The van der Waals surface area contributed by atoms with E-state index in [0.29, 0.717) is 6.54 Å². The van der Waals surface area contributed by atoms with Gasteiger partial charge in [-0.2, -0.15) is 0 Å². The second-order valence-electron chi connectivity index (χ2n) is 3.78. The fourth-order valence-electron chi connectivity index (χ4n) is 1.32. The zero-order valence-corrected chi connectivity index (χ0v) is 10.2. The zero-order valence-electron chi connectivity index (χ0n) is 10.2. The summed E-state index contributed by atoms with van der Waals surface area (Å²) < 4.78 is 30.9. The number of rotatable bonds is 6. The molecule has 1 aromatic rings. The van der Waals surface area contributed by atoms with Crippen molar-refractivity contribution in [3.63, 3.8) is 0 Å². The number of nitrogens with zero attached hydrogens (tertiary/aromatic N) is 1. The van der Waals surface area contributed by atoms with Crippen LogP contribution < -0.4 is 10.5 Å². The van der Waals surface area contributed by atoms with Crippen molar-refractivity contribution in [3.05, 3.63) is 29.8 Å². The predicted octanol–water partition coefficient (Wildman–Crippen LogP) is 1.15. The van der Waals surface area contributed by atoms with Crippen molar-refractivity contribution < 1.29 is 18.3 Å². The number of halogens is 2. The van der Waals surface area contributed by atoms with Gasteiger partial charge in [0.05, 0.1) is 6.54 Å². The second kappa shape index (κ2) is 6.90. The van der Waals surface area contributed by atoms with E-state index < -0.39 is 11.6 Å². The molecule has 2 N–H and O–H groups in total. The quantitative estimate of drug-likeness (QED) is 0.832. The van der Waals surface area contributed by atoms with Gasteiger partial charge in [0.15, 0.2) is 11.6 Å². The highest BCUT2D eigenvalue weighted by atomic mass is 19.1. The average molecular weight is 258 g/mol. The van der Waals surface area contributed by atoms with Crippen LogP contribution in [0.1, 0.15) is 6.42 Å². The lowest BCUT2D eigenvalue weighted by Gasteiger charge is -2.17. The van der Waals surface area contributed by atoms with E-state index >= 15 is 0 Å². The molecule has 4 nitrogen and oxygen atoms in total. The summed E-state index contributed by atoms with van der Waals surface area (Å²) in [4.78, 5) is 12.8. The van der Waals surface area contributed by atoms with Gasteiger partial charge in [-0.1, -0.05) is 0 Å². The van der Waals surface area contributed by atoms with Gasteiger partial charge in [0, 0.05) is 26.1 Å². The summed E-state index contributed by atoms with van der Waals surface area (Å²) in [5.41, 5.74) is 5.26. The van der Waals surface area contributed by atoms with Gasteiger partial charge in [-0.25, -0.2) is 8.78 Å². The van der Waals surface area contributed by atoms with Crippen LogP contribution in [0.3, 0.4) is 0 Å². The van der Waals surface area contributed by atoms with Crippen molar-refractivity contribution in [3.8, 4) is 5.75 Å². The van der Waals surface area contributed by atoms with E-state index in [1.165, 1.54) is 11.0 Å². The number of nitrogens with two attached hydrogens (primary N) is 1. The van der Waals surface area contributed by atoms with Gasteiger partial charge in [0.1, 0.15) is 12.4 Å². The van der Waals surface area contributed by atoms with E-state index in [4.69, 9.17) is 10.5 Å². The number of likely N-dealkylation sites (N-methyl/N-ethyl adjacent to an activating group) is 1. The molecule has 100 valence electrons. The summed E-state index contributed by atoms with van der Waals surface area (Å²) >= 11 is 0. The molecule has 0 aliphatic carbocycles. The van der Waals surface area contributed by atoms with E-state index in [-0.39, 0.29) is 31.2 Å². The van der Waals surface area contributed by atoms with E-state index in [9.17, 15) is 13.6 Å². The number of carbonyl (C=O) groups is 1. The molecule has 0 bridgehead atoms. The Morgan fingerprint density at radius 1 is 1.44 bits per heavy atom. The summed E-state index contributed by atoms with van der Waals surface area (Å²) in [5.74, 6) is -1.54. The van der Waals surface area contributed by atoms with Gasteiger partial charge in [0.25, 0.3) is 0 Å². The Morgan fingerprint density at radius 2 is 2.17 bits per heavy atom. The summed E-state index contributed by atoms with van der Waals surface area (Å²) in [5, 5.41) is 0. The van der Waals surface area contributed by atoms with Crippen LogP contribution in [0.2, 0.25) is 0 Å². The van der Waals surface area contributed by atoms with Crippen LogP contribution in [-0.2, 0) is 4.79 Å². The average Bonchev–Trinajstić information content (AvgIpc) is 2.32. The Kier molecular flexibility index (Phi) is 5.51. The maximum absolute atomic E-state index is 13.2. The Balaban J connectivity index is 2.39. The molecule has 0 aliphatic heterocycles. The van der Waals surface area contributed by atoms with Crippen molar-refractivity contribution in [1.29, 1.82) is 0 Å². The number of carbonyl (C=O) groups excluding carboxylic acids is 1. The van der Waals surface area contributed by atoms with Crippen LogP contribution in [0.4, 0.5) is 8.78 Å². The van der Waals surface area contributed by atoms with Crippen LogP contribution in [0.15, 0.2) is 18.2 Å². The summed E-state index contributed by atoms with van der Waals surface area (Å²) in [6.07, 6.45) is 0.265. The van der Waals surface area contributed by atoms with Crippen molar-refractivity contribution in [2.24, 2.45) is 5.73 Å². The minimum atomic E-state index is -0.758. The highest BCUT2D eigenvalue weighted by Crippen LogP contribution is 2.17. The van der Waals surface area contributed by atoms with Gasteiger partial charge in [0.2, 0.25) is 5.91 Å². The molecule has 18 heavy (non-hydrogen) atoms. The number of benzene rings is 1. The van der Waals surface area contributed by atoms with Gasteiger partial charge in [-0.3, -0.25) is 4.79 Å². The molecule has 1 amide bonds. The van der Waals surface area contributed by atoms with Crippen LogP contribution in [-0.4, -0.2) is 37.6 Å². The fraction of sp³-hybridized carbons (Fsp3) is 0.417. The number of ether oxygens (including phenoxy) is 1. The van der Waals surface area contributed by atoms with Crippen LogP contribution in [0.5, 0.6) is 5.75 Å². The molecule has 0 heterocycles. The Bertz CT molecular complexity index is 413. The molecule has 6 heteroatoms. The molecule has 0 aliphatic rings. The second-order valence-corrected chi connectivity index (χ2v) is 3.78. The van der Waals surface area contributed by atoms with Gasteiger partial charge < -0.3 is 15.4 Å². The van der Waals surface area contributed by atoms with Gasteiger partial charge in [-0.15, -0.1) is 0 Å². The molecular weight excluding hydrogens is 242 g/mol. The smallest absolute Gasteiger partial charge is 0.223 e. The standard InChI is InChI=1S/C12H16F2N2O2/c1-16(12(17)4-5-15)6-7-18-11-3-2-9(13)8-10(11)14/h2-3,8H,4-7,15H2,1H3. The summed E-state index contributed by atoms with van der Waals surface area (Å²) in [6, 6.07) is 3.08. The third-order valence-electron chi connectivity index (χ3n) is 2.36. The molecular formula is C12H16F2N2O2. The van der Waals surface area contributed by atoms with E-state index in [0.717, 1.165) is 12.1 Å². The number of amides is 1. The highest BCUT2D eigenvalue weighted by molar-refractivity contribution is 5.75. The van der Waals surface area contributed by atoms with Crippen molar-refractivity contribution in [2.75, 3.05) is 26.7 Å². The Labute approximate surface area is 104 Å². The molecule has 0 saturated heterocycles. The molecule has 0 spiro atoms. The molecule has 0 atom stereocenters. The number of hydrogen-bond donors (Lipinski definition) is 1. The van der Waals surface area contributed by atoms with Crippen molar-refractivity contribution >= 4 is 5.91 Å². The minimum Gasteiger partial charge on any atom is -0.489 e. The molecule has 0 aromatic heterocycles. The monoisotopic (exact) mass is 258 g/mol. The lowest BCUT2D eigenvalue weighted by Crippen LogP contribution is -2.32. The first-order chi connectivity index (χ1) is 8.54. The van der Waals surface area contributed by atoms with Crippen LogP contribution >= 0.6 is 0 Å². The first-order valence-electron chi connectivity index (χ1n) is 5.56. The Morgan fingerprint density at radius 3 is 2.78 bits per heavy atom. The maximum Gasteiger partial charge on any atom is 0.223 e. The van der Waals surface area contributed by atoms with Crippen molar-refractivity contribution in [2.45, 2.75) is 6.42 Å². The van der Waals surface area contributed by atoms with Gasteiger partial charge in [-0.05, 0) is 12.1 Å². The van der Waals surface area contributed by atoms with Gasteiger partial charge >= 0.3 is 0 Å². The molecule has 1 rings (SSSR count). The molecule has 0 fully saturated rings. The summed E-state index contributed by atoms with van der Waals surface area (Å²) in [7, 11) is 1.61. The topological polar surface area (TPSA) is 55.6 Å². The van der Waals surface area contributed by atoms with Crippen LogP contribution in [0, 0.1) is 11.6 Å². The summed E-state index contributed by atoms with van der Waals surface area (Å²) in [6.45, 7) is 0.738. The molecule has 0 radical (unpaired) electrons. The van der Waals surface area contributed by atoms with E-state index in [1.54, 1.807) is 7.05 Å². The third kappa shape index (κ3) is 4.29. The fourth-order valence-corrected chi connectivity index (χ4v) is 1.32. The predicted molar refractivity (Wildman–Crippen MR) is 63.2 cm³/mol. The first-order valence-corrected chi connectivity index (χ1v) is 5.56. The highest BCUT2D eigenvalue weighted by Gasteiger charge is 2.08. The SMILES string of the molecule is CN(CCOc1ccc(F)cc1F)C(=O)CCN. The van der Waals surface area contributed by atoms with E-state index in [1.807, 2.05) is 0 Å². The maximum atomic E-state index is 13.2.